The Labute approximate surface area is 166 Å². The molecule has 0 aromatic heterocycles. The van der Waals surface area contributed by atoms with Crippen molar-refractivity contribution in [1.82, 2.24) is 0 Å². The monoisotopic (exact) mass is 406 g/mol. The van der Waals surface area contributed by atoms with Crippen molar-refractivity contribution >= 4 is 5.97 Å². The van der Waals surface area contributed by atoms with E-state index in [0.29, 0.717) is 0 Å². The lowest BCUT2D eigenvalue weighted by Crippen LogP contribution is -2.60. The molecule has 0 saturated carbocycles. The lowest BCUT2D eigenvalue weighted by molar-refractivity contribution is -0.277. The predicted molar refractivity (Wildman–Crippen MR) is 98.1 cm³/mol. The van der Waals surface area contributed by atoms with Crippen molar-refractivity contribution in [3.63, 3.8) is 0 Å². The van der Waals surface area contributed by atoms with Crippen LogP contribution in [0.2, 0.25) is 0 Å². The molecule has 1 heterocycles. The number of phenols is 1. The molecule has 0 amide bonds. The van der Waals surface area contributed by atoms with E-state index in [9.17, 15) is 30.3 Å². The van der Waals surface area contributed by atoms with Crippen LogP contribution in [0.3, 0.4) is 0 Å². The molecule has 0 spiro atoms. The van der Waals surface area contributed by atoms with Gasteiger partial charge in [-0.3, -0.25) is 0 Å². The van der Waals surface area contributed by atoms with E-state index in [1.54, 1.807) is 24.3 Å². The SMILES string of the molecule is O=C(OCc1ccccc1)c1cc(O)ccc1O[C@H]1O[C@@H](CO)[C@H](O)[C@H](O)[C@@H]1O. The van der Waals surface area contributed by atoms with Crippen molar-refractivity contribution in [3.8, 4) is 11.5 Å². The Kier molecular flexibility index (Phi) is 6.68. The molecule has 0 bridgehead atoms. The summed E-state index contributed by atoms with van der Waals surface area (Å²) in [6.45, 7) is -0.624. The zero-order valence-electron chi connectivity index (χ0n) is 15.3. The number of benzene rings is 2. The molecular weight excluding hydrogens is 384 g/mol. The van der Waals surface area contributed by atoms with Gasteiger partial charge in [0.2, 0.25) is 6.29 Å². The maximum atomic E-state index is 12.5. The summed E-state index contributed by atoms with van der Waals surface area (Å²) in [5.74, 6) is -1.08. The quantitative estimate of drug-likeness (QED) is 0.416. The van der Waals surface area contributed by atoms with Gasteiger partial charge in [-0.05, 0) is 23.8 Å². The number of hydrogen-bond acceptors (Lipinski definition) is 9. The fourth-order valence-corrected chi connectivity index (χ4v) is 2.87. The Morgan fingerprint density at radius 2 is 1.72 bits per heavy atom. The fourth-order valence-electron chi connectivity index (χ4n) is 2.87. The van der Waals surface area contributed by atoms with Gasteiger partial charge in [0.15, 0.2) is 0 Å². The molecule has 0 aliphatic carbocycles. The Morgan fingerprint density at radius 1 is 1.00 bits per heavy atom. The molecule has 2 aromatic carbocycles. The van der Waals surface area contributed by atoms with E-state index in [2.05, 4.69) is 0 Å². The number of aliphatic hydroxyl groups excluding tert-OH is 4. The number of esters is 1. The van der Waals surface area contributed by atoms with E-state index >= 15 is 0 Å². The molecule has 29 heavy (non-hydrogen) atoms. The molecule has 156 valence electrons. The summed E-state index contributed by atoms with van der Waals surface area (Å²) < 4.78 is 16.0. The van der Waals surface area contributed by atoms with Crippen LogP contribution in [-0.4, -0.2) is 68.8 Å². The van der Waals surface area contributed by atoms with Gasteiger partial charge in [-0.15, -0.1) is 0 Å². The van der Waals surface area contributed by atoms with E-state index in [1.807, 2.05) is 6.07 Å². The standard InChI is InChI=1S/C20H22O9/c21-9-15-16(23)17(24)18(25)20(29-15)28-14-7-6-12(22)8-13(14)19(26)27-10-11-4-2-1-3-5-11/h1-8,15-18,20-25H,9-10H2/t15-,16-,17-,18-,20-/m0/s1. The van der Waals surface area contributed by atoms with Crippen molar-refractivity contribution in [2.75, 3.05) is 6.61 Å². The molecular formula is C20H22O9. The number of carbonyl (C=O) groups is 1. The maximum Gasteiger partial charge on any atom is 0.342 e. The third kappa shape index (κ3) is 4.84. The molecule has 0 radical (unpaired) electrons. The summed E-state index contributed by atoms with van der Waals surface area (Å²) >= 11 is 0. The highest BCUT2D eigenvalue weighted by molar-refractivity contribution is 5.93. The first-order valence-electron chi connectivity index (χ1n) is 8.92. The van der Waals surface area contributed by atoms with E-state index in [1.165, 1.54) is 12.1 Å². The minimum absolute atomic E-state index is 0.00514. The molecule has 1 saturated heterocycles. The van der Waals surface area contributed by atoms with Crippen molar-refractivity contribution < 1.29 is 44.5 Å². The highest BCUT2D eigenvalue weighted by atomic mass is 16.7. The van der Waals surface area contributed by atoms with Gasteiger partial charge in [0, 0.05) is 0 Å². The summed E-state index contributed by atoms with van der Waals surface area (Å²) in [4.78, 5) is 12.5. The van der Waals surface area contributed by atoms with Crippen LogP contribution in [0, 0.1) is 0 Å². The molecule has 1 aliphatic rings. The smallest absolute Gasteiger partial charge is 0.342 e. The molecule has 2 aromatic rings. The number of hydrogen-bond donors (Lipinski definition) is 5. The Hall–Kier alpha value is -2.69. The Morgan fingerprint density at radius 3 is 2.41 bits per heavy atom. The Balaban J connectivity index is 1.76. The lowest BCUT2D eigenvalue weighted by Gasteiger charge is -2.39. The van der Waals surface area contributed by atoms with Crippen molar-refractivity contribution in [1.29, 1.82) is 0 Å². The topological polar surface area (TPSA) is 146 Å². The number of phenolic OH excluding ortho intramolecular Hbond substituents is 1. The molecule has 3 rings (SSSR count). The van der Waals surface area contributed by atoms with Gasteiger partial charge in [0.25, 0.3) is 0 Å². The van der Waals surface area contributed by atoms with E-state index in [-0.39, 0.29) is 23.7 Å². The van der Waals surface area contributed by atoms with Crippen LogP contribution in [0.1, 0.15) is 15.9 Å². The van der Waals surface area contributed by atoms with Crippen LogP contribution < -0.4 is 4.74 Å². The number of rotatable bonds is 6. The molecule has 9 heteroatoms. The normalized spacial score (nSPS) is 26.7. The average molecular weight is 406 g/mol. The first-order valence-corrected chi connectivity index (χ1v) is 8.92. The number of carbonyl (C=O) groups excluding carboxylic acids is 1. The van der Waals surface area contributed by atoms with Crippen molar-refractivity contribution in [2.24, 2.45) is 0 Å². The third-order valence-corrected chi connectivity index (χ3v) is 4.49. The van der Waals surface area contributed by atoms with Gasteiger partial charge in [0.1, 0.15) is 48.1 Å². The summed E-state index contributed by atoms with van der Waals surface area (Å²) in [6, 6.07) is 12.6. The summed E-state index contributed by atoms with van der Waals surface area (Å²) in [5, 5.41) is 48.8. The third-order valence-electron chi connectivity index (χ3n) is 4.49. The highest BCUT2D eigenvalue weighted by Crippen LogP contribution is 2.29. The number of aromatic hydroxyl groups is 1. The van der Waals surface area contributed by atoms with E-state index in [4.69, 9.17) is 14.2 Å². The molecule has 9 nitrogen and oxygen atoms in total. The maximum absolute atomic E-state index is 12.5. The van der Waals surface area contributed by atoms with Gasteiger partial charge in [-0.1, -0.05) is 30.3 Å². The van der Waals surface area contributed by atoms with Crippen LogP contribution in [0.4, 0.5) is 0 Å². The van der Waals surface area contributed by atoms with Crippen molar-refractivity contribution in [2.45, 2.75) is 37.3 Å². The van der Waals surface area contributed by atoms with Crippen LogP contribution in [0.5, 0.6) is 11.5 Å². The first-order chi connectivity index (χ1) is 13.9. The van der Waals surface area contributed by atoms with Crippen LogP contribution in [0.25, 0.3) is 0 Å². The van der Waals surface area contributed by atoms with Crippen molar-refractivity contribution in [3.05, 3.63) is 59.7 Å². The van der Waals surface area contributed by atoms with Gasteiger partial charge in [-0.25, -0.2) is 4.79 Å². The van der Waals surface area contributed by atoms with Crippen LogP contribution in [-0.2, 0) is 16.1 Å². The predicted octanol–water partition coefficient (Wildman–Crippen LogP) is -0.0721. The van der Waals surface area contributed by atoms with Gasteiger partial charge < -0.3 is 39.7 Å². The highest BCUT2D eigenvalue weighted by Gasteiger charge is 2.45. The minimum atomic E-state index is -1.64. The number of aliphatic hydroxyl groups is 4. The molecule has 5 N–H and O–H groups in total. The van der Waals surface area contributed by atoms with Gasteiger partial charge in [-0.2, -0.15) is 0 Å². The number of ether oxygens (including phenoxy) is 3. The summed E-state index contributed by atoms with van der Waals surface area (Å²) in [5.41, 5.74) is 0.635. The first kappa shape index (κ1) is 21.0. The second-order valence-corrected chi connectivity index (χ2v) is 6.56. The molecule has 0 unspecified atom stereocenters. The van der Waals surface area contributed by atoms with Gasteiger partial charge >= 0.3 is 5.97 Å². The second kappa shape index (κ2) is 9.21. The minimum Gasteiger partial charge on any atom is -0.508 e. The lowest BCUT2D eigenvalue weighted by atomic mass is 9.99. The summed E-state index contributed by atoms with van der Waals surface area (Å²) in [7, 11) is 0. The largest absolute Gasteiger partial charge is 0.508 e. The van der Waals surface area contributed by atoms with Gasteiger partial charge in [0.05, 0.1) is 6.61 Å². The molecule has 1 fully saturated rings. The second-order valence-electron chi connectivity index (χ2n) is 6.56. The molecule has 1 aliphatic heterocycles. The Bertz CT molecular complexity index is 824. The zero-order chi connectivity index (χ0) is 21.0. The van der Waals surface area contributed by atoms with Crippen LogP contribution >= 0.6 is 0 Å². The average Bonchev–Trinajstić information content (AvgIpc) is 2.74. The van der Waals surface area contributed by atoms with E-state index in [0.717, 1.165) is 11.6 Å². The molecule has 5 atom stereocenters. The summed E-state index contributed by atoms with van der Waals surface area (Å²) in [6.07, 6.45) is -7.45. The van der Waals surface area contributed by atoms with E-state index < -0.39 is 43.3 Å². The fraction of sp³-hybridized carbons (Fsp3) is 0.350. The zero-order valence-corrected chi connectivity index (χ0v) is 15.3. The van der Waals surface area contributed by atoms with Crippen LogP contribution in [0.15, 0.2) is 48.5 Å².